The van der Waals surface area contributed by atoms with Crippen molar-refractivity contribution in [1.82, 2.24) is 0 Å². The fourth-order valence-electron chi connectivity index (χ4n) is 2.38. The zero-order valence-corrected chi connectivity index (χ0v) is 12.7. The molecule has 7 heteroatoms. The second-order valence-electron chi connectivity index (χ2n) is 4.89. The van der Waals surface area contributed by atoms with Crippen LogP contribution in [0.2, 0.25) is 0 Å². The van der Waals surface area contributed by atoms with Gasteiger partial charge in [-0.05, 0) is 30.3 Å². The Kier molecular flexibility index (Phi) is 4.38. The van der Waals surface area contributed by atoms with E-state index in [1.807, 2.05) is 6.07 Å². The van der Waals surface area contributed by atoms with E-state index in [9.17, 15) is 9.59 Å². The lowest BCUT2D eigenvalue weighted by Gasteiger charge is -2.13. The van der Waals surface area contributed by atoms with Crippen molar-refractivity contribution in [3.05, 3.63) is 60.7 Å². The Morgan fingerprint density at radius 3 is 1.92 bits per heavy atom. The lowest BCUT2D eigenvalue weighted by molar-refractivity contribution is 0.144. The summed E-state index contributed by atoms with van der Waals surface area (Å²) < 4.78 is 15.3. The summed E-state index contributed by atoms with van der Waals surface area (Å²) in [7, 11) is 0. The summed E-state index contributed by atoms with van der Waals surface area (Å²) >= 11 is 0. The van der Waals surface area contributed by atoms with E-state index in [4.69, 9.17) is 24.4 Å². The van der Waals surface area contributed by atoms with Crippen molar-refractivity contribution >= 4 is 23.1 Å². The molecule has 0 heterocycles. The van der Waals surface area contributed by atoms with Crippen molar-refractivity contribution in [2.45, 2.75) is 0 Å². The molecule has 0 fully saturated rings. The monoisotopic (exact) mass is 340 g/mol. The van der Waals surface area contributed by atoms with Gasteiger partial charge in [0.2, 0.25) is 0 Å². The van der Waals surface area contributed by atoms with E-state index in [1.54, 1.807) is 36.4 Å². The molecule has 0 unspecified atom stereocenters. The Morgan fingerprint density at radius 1 is 0.680 bits per heavy atom. The number of benzene rings is 3. The van der Waals surface area contributed by atoms with Gasteiger partial charge in [0, 0.05) is 5.39 Å². The van der Waals surface area contributed by atoms with E-state index in [2.05, 4.69) is 0 Å². The first-order chi connectivity index (χ1) is 12.0. The number of carboxylic acid groups (broad SMARTS) is 2. The van der Waals surface area contributed by atoms with Gasteiger partial charge in [0.15, 0.2) is 0 Å². The van der Waals surface area contributed by atoms with Crippen LogP contribution in [0.5, 0.6) is 23.0 Å². The summed E-state index contributed by atoms with van der Waals surface area (Å²) in [6.45, 7) is 0. The lowest BCUT2D eigenvalue weighted by Crippen LogP contribution is -2.06. The Hall–Kier alpha value is -3.74. The van der Waals surface area contributed by atoms with Crippen molar-refractivity contribution < 1.29 is 34.0 Å². The standard InChI is InChI=1S/C18H12O7/c19-17(20)24-14-8-4-7-12-13(23-11-5-2-1-3-6-11)9-10-15(16(12)14)25-18(21)22/h1-10H,(H,19,20)(H,21,22). The SMILES string of the molecule is O=C(O)Oc1cccc2c(Oc3ccccc3)ccc(OC(=O)O)c12. The summed E-state index contributed by atoms with van der Waals surface area (Å²) in [6.07, 6.45) is -3.05. The van der Waals surface area contributed by atoms with Crippen LogP contribution in [0.25, 0.3) is 10.8 Å². The first kappa shape index (κ1) is 16.1. The van der Waals surface area contributed by atoms with Gasteiger partial charge in [-0.1, -0.05) is 30.3 Å². The van der Waals surface area contributed by atoms with Gasteiger partial charge in [-0.15, -0.1) is 0 Å². The van der Waals surface area contributed by atoms with Gasteiger partial charge >= 0.3 is 12.3 Å². The molecule has 0 saturated heterocycles. The van der Waals surface area contributed by atoms with Crippen molar-refractivity contribution in [2.24, 2.45) is 0 Å². The molecule has 0 aliphatic rings. The van der Waals surface area contributed by atoms with Gasteiger partial charge in [0.25, 0.3) is 0 Å². The molecule has 0 bridgehead atoms. The van der Waals surface area contributed by atoms with E-state index in [0.29, 0.717) is 16.9 Å². The second-order valence-corrected chi connectivity index (χ2v) is 4.89. The molecule has 0 aromatic heterocycles. The third-order valence-electron chi connectivity index (χ3n) is 3.29. The predicted octanol–water partition coefficient (Wildman–Crippen LogP) is 4.75. The fraction of sp³-hybridized carbons (Fsp3) is 0. The highest BCUT2D eigenvalue weighted by molar-refractivity contribution is 5.99. The minimum atomic E-state index is -1.52. The molecule has 0 amide bonds. The van der Waals surface area contributed by atoms with Crippen LogP contribution in [0.3, 0.4) is 0 Å². The molecule has 0 saturated carbocycles. The molecule has 0 spiro atoms. The van der Waals surface area contributed by atoms with Crippen LogP contribution in [0, 0.1) is 0 Å². The van der Waals surface area contributed by atoms with Gasteiger partial charge in [-0.2, -0.15) is 0 Å². The molecule has 3 rings (SSSR count). The first-order valence-electron chi connectivity index (χ1n) is 7.15. The average molecular weight is 340 g/mol. The molecule has 0 aliphatic carbocycles. The Labute approximate surface area is 141 Å². The topological polar surface area (TPSA) is 102 Å². The molecule has 25 heavy (non-hydrogen) atoms. The fourth-order valence-corrected chi connectivity index (χ4v) is 2.38. The van der Waals surface area contributed by atoms with E-state index in [-0.39, 0.29) is 16.9 Å². The Bertz CT molecular complexity index is 913. The molecule has 3 aromatic rings. The smallest absolute Gasteiger partial charge is 0.457 e. The van der Waals surface area contributed by atoms with Gasteiger partial charge in [0.1, 0.15) is 23.0 Å². The van der Waals surface area contributed by atoms with Gasteiger partial charge < -0.3 is 24.4 Å². The zero-order chi connectivity index (χ0) is 17.8. The maximum absolute atomic E-state index is 10.9. The molecule has 126 valence electrons. The predicted molar refractivity (Wildman–Crippen MR) is 87.8 cm³/mol. The molecule has 0 radical (unpaired) electrons. The van der Waals surface area contributed by atoms with Crippen LogP contribution >= 0.6 is 0 Å². The molecule has 0 atom stereocenters. The van der Waals surface area contributed by atoms with Crippen LogP contribution in [-0.4, -0.2) is 22.5 Å². The van der Waals surface area contributed by atoms with Crippen LogP contribution in [0.15, 0.2) is 60.7 Å². The number of hydrogen-bond donors (Lipinski definition) is 2. The minimum absolute atomic E-state index is 0.0558. The number of ether oxygens (including phenoxy) is 3. The number of rotatable bonds is 4. The van der Waals surface area contributed by atoms with Crippen molar-refractivity contribution in [3.8, 4) is 23.0 Å². The highest BCUT2D eigenvalue weighted by atomic mass is 16.7. The number of hydrogen-bond acceptors (Lipinski definition) is 5. The molecule has 7 nitrogen and oxygen atoms in total. The third-order valence-corrected chi connectivity index (χ3v) is 3.29. The second kappa shape index (κ2) is 6.79. The molecule has 2 N–H and O–H groups in total. The number of para-hydroxylation sites is 1. The molecular formula is C18H12O7. The molecule has 0 aliphatic heterocycles. The van der Waals surface area contributed by atoms with E-state index in [0.717, 1.165) is 0 Å². The van der Waals surface area contributed by atoms with E-state index < -0.39 is 12.3 Å². The summed E-state index contributed by atoms with van der Waals surface area (Å²) in [4.78, 5) is 21.8. The highest BCUT2D eigenvalue weighted by Gasteiger charge is 2.17. The number of carbonyl (C=O) groups is 2. The summed E-state index contributed by atoms with van der Waals surface area (Å²) in [5.41, 5.74) is 0. The average Bonchev–Trinajstić information content (AvgIpc) is 2.57. The van der Waals surface area contributed by atoms with Crippen LogP contribution in [0.1, 0.15) is 0 Å². The van der Waals surface area contributed by atoms with Crippen molar-refractivity contribution in [2.75, 3.05) is 0 Å². The zero-order valence-electron chi connectivity index (χ0n) is 12.7. The normalized spacial score (nSPS) is 10.2. The third kappa shape index (κ3) is 3.61. The van der Waals surface area contributed by atoms with Crippen molar-refractivity contribution in [3.63, 3.8) is 0 Å². The quantitative estimate of drug-likeness (QED) is 0.522. The Balaban J connectivity index is 2.16. The Morgan fingerprint density at radius 2 is 1.28 bits per heavy atom. The van der Waals surface area contributed by atoms with Gasteiger partial charge in [0.05, 0.1) is 5.39 Å². The minimum Gasteiger partial charge on any atom is -0.457 e. The van der Waals surface area contributed by atoms with Gasteiger partial charge in [-0.3, -0.25) is 0 Å². The molecular weight excluding hydrogens is 328 g/mol. The number of fused-ring (bicyclic) bond motifs is 1. The summed E-state index contributed by atoms with van der Waals surface area (Å²) in [5, 5.41) is 18.4. The largest absolute Gasteiger partial charge is 0.511 e. The van der Waals surface area contributed by atoms with Crippen LogP contribution in [-0.2, 0) is 0 Å². The maximum Gasteiger partial charge on any atom is 0.511 e. The van der Waals surface area contributed by atoms with E-state index >= 15 is 0 Å². The maximum atomic E-state index is 10.9. The lowest BCUT2D eigenvalue weighted by atomic mass is 10.1. The van der Waals surface area contributed by atoms with E-state index in [1.165, 1.54) is 18.2 Å². The first-order valence-corrected chi connectivity index (χ1v) is 7.15. The molecule has 3 aromatic carbocycles. The summed E-state index contributed by atoms with van der Waals surface area (Å²) in [6, 6.07) is 16.5. The van der Waals surface area contributed by atoms with Crippen LogP contribution in [0.4, 0.5) is 9.59 Å². The summed E-state index contributed by atoms with van der Waals surface area (Å²) in [5.74, 6) is 0.856. The van der Waals surface area contributed by atoms with Crippen LogP contribution < -0.4 is 14.2 Å². The highest BCUT2D eigenvalue weighted by Crippen LogP contribution is 2.40. The van der Waals surface area contributed by atoms with Gasteiger partial charge in [-0.25, -0.2) is 9.59 Å². The van der Waals surface area contributed by atoms with Crippen molar-refractivity contribution in [1.29, 1.82) is 0 Å².